The molecule has 0 bridgehead atoms. The van der Waals surface area contributed by atoms with Gasteiger partial charge in [0.2, 0.25) is 5.91 Å². The molecule has 0 heterocycles. The zero-order valence-electron chi connectivity index (χ0n) is 28.5. The normalized spacial score (nSPS) is 14.2. The van der Waals surface area contributed by atoms with Gasteiger partial charge >= 0.3 is 5.97 Å². The highest BCUT2D eigenvalue weighted by atomic mass is 32.2. The van der Waals surface area contributed by atoms with Crippen molar-refractivity contribution in [3.8, 4) is 0 Å². The Bertz CT molecular complexity index is 1580. The smallest absolute Gasteiger partial charge is 0.330 e. The number of ether oxygens (including phenoxy) is 1. The van der Waals surface area contributed by atoms with E-state index in [-0.39, 0.29) is 18.5 Å². The average molecular weight is 701 g/mol. The van der Waals surface area contributed by atoms with Gasteiger partial charge in [-0.25, -0.2) is 22.0 Å². The summed E-state index contributed by atoms with van der Waals surface area (Å²) < 4.78 is 61.2. The Morgan fingerprint density at radius 3 is 2.08 bits per heavy atom. The highest BCUT2D eigenvalue weighted by molar-refractivity contribution is 7.92. The maximum atomic E-state index is 14.0. The van der Waals surface area contributed by atoms with Crippen LogP contribution in [0.4, 0.5) is 8.78 Å². The molecule has 0 saturated carbocycles. The molecular formula is C37H50F2N4O5S. The fourth-order valence-corrected chi connectivity index (χ4v) is 7.87. The standard InChI is InChI=1S/C37H50F2N4O5S/c1-4-11-31(12-5-2)49(46,47)24-33(43-36(44)35(41)28-15-8-7-9-16-28)37(45)48-34(23-42-22-26-14-10-13-25(6-3)17-26)32(40)20-27-18-29(38)21-30(39)19-27/h7-10,13-19,21,31-35,42H,4-6,11-12,20,22-24,40-41H2,1-3H3,(H,43,44)/t32-,33+,34+,35?/m0/s1. The Labute approximate surface area is 289 Å². The van der Waals surface area contributed by atoms with Crippen molar-refractivity contribution >= 4 is 21.7 Å². The fourth-order valence-electron chi connectivity index (χ4n) is 5.72. The van der Waals surface area contributed by atoms with Crippen LogP contribution in [0, 0.1) is 11.6 Å². The number of halogens is 2. The summed E-state index contributed by atoms with van der Waals surface area (Å²) in [5, 5.41) is 5.06. The van der Waals surface area contributed by atoms with Gasteiger partial charge in [0.1, 0.15) is 29.8 Å². The van der Waals surface area contributed by atoms with Crippen molar-refractivity contribution in [1.82, 2.24) is 10.6 Å². The number of carbonyl (C=O) groups excluding carboxylic acids is 2. The molecule has 0 aromatic heterocycles. The highest BCUT2D eigenvalue weighted by Gasteiger charge is 2.36. The Balaban J connectivity index is 1.90. The Kier molecular flexibility index (Phi) is 15.8. The van der Waals surface area contributed by atoms with Crippen LogP contribution in [0.2, 0.25) is 0 Å². The third kappa shape index (κ3) is 12.6. The molecule has 9 nitrogen and oxygen atoms in total. The second kappa shape index (κ2) is 19.5. The molecule has 3 aromatic rings. The average Bonchev–Trinajstić information content (AvgIpc) is 3.06. The summed E-state index contributed by atoms with van der Waals surface area (Å²) in [6.45, 7) is 6.25. The second-order valence-electron chi connectivity index (χ2n) is 12.4. The van der Waals surface area contributed by atoms with Crippen LogP contribution in [0.25, 0.3) is 0 Å². The van der Waals surface area contributed by atoms with Crippen molar-refractivity contribution < 1.29 is 31.5 Å². The molecule has 12 heteroatoms. The molecule has 0 saturated heterocycles. The minimum absolute atomic E-state index is 0.0340. The zero-order chi connectivity index (χ0) is 36.0. The van der Waals surface area contributed by atoms with Gasteiger partial charge in [0.25, 0.3) is 0 Å². The molecule has 0 fully saturated rings. The topological polar surface area (TPSA) is 154 Å². The quantitative estimate of drug-likeness (QED) is 0.124. The van der Waals surface area contributed by atoms with Gasteiger partial charge in [-0.2, -0.15) is 0 Å². The van der Waals surface area contributed by atoms with Gasteiger partial charge in [0.15, 0.2) is 9.84 Å². The minimum atomic E-state index is -3.89. The molecule has 0 spiro atoms. The van der Waals surface area contributed by atoms with E-state index in [1.165, 1.54) is 0 Å². The summed E-state index contributed by atoms with van der Waals surface area (Å²) in [5.41, 5.74) is 15.6. The van der Waals surface area contributed by atoms with Gasteiger partial charge < -0.3 is 26.8 Å². The van der Waals surface area contributed by atoms with Crippen molar-refractivity contribution in [1.29, 1.82) is 0 Å². The van der Waals surface area contributed by atoms with Crippen molar-refractivity contribution in [2.75, 3.05) is 12.3 Å². The van der Waals surface area contributed by atoms with Gasteiger partial charge in [-0.15, -0.1) is 0 Å². The van der Waals surface area contributed by atoms with Gasteiger partial charge in [-0.05, 0) is 60.1 Å². The highest BCUT2D eigenvalue weighted by Crippen LogP contribution is 2.19. The van der Waals surface area contributed by atoms with Crippen LogP contribution in [0.1, 0.15) is 74.8 Å². The number of carbonyl (C=O) groups is 2. The number of nitrogens with one attached hydrogen (secondary N) is 2. The minimum Gasteiger partial charge on any atom is -0.458 e. The molecule has 0 aliphatic carbocycles. The molecule has 49 heavy (non-hydrogen) atoms. The van der Waals surface area contributed by atoms with Crippen LogP contribution in [-0.2, 0) is 43.5 Å². The van der Waals surface area contributed by atoms with Crippen LogP contribution in [-0.4, -0.2) is 56.0 Å². The van der Waals surface area contributed by atoms with Crippen LogP contribution in [0.5, 0.6) is 0 Å². The molecule has 268 valence electrons. The first kappa shape index (κ1) is 39.7. The molecule has 0 aliphatic rings. The molecule has 0 radical (unpaired) electrons. The number of benzene rings is 3. The maximum absolute atomic E-state index is 14.0. The molecule has 4 atom stereocenters. The lowest BCUT2D eigenvalue weighted by Gasteiger charge is -2.28. The summed E-state index contributed by atoms with van der Waals surface area (Å²) in [6, 6.07) is 15.7. The molecular weight excluding hydrogens is 650 g/mol. The van der Waals surface area contributed by atoms with E-state index in [0.717, 1.165) is 35.7 Å². The first-order valence-corrected chi connectivity index (χ1v) is 18.6. The summed E-state index contributed by atoms with van der Waals surface area (Å²) >= 11 is 0. The lowest BCUT2D eigenvalue weighted by atomic mass is 10.0. The van der Waals surface area contributed by atoms with Gasteiger partial charge in [-0.3, -0.25) is 4.79 Å². The van der Waals surface area contributed by atoms with E-state index in [1.807, 2.05) is 45.0 Å². The molecule has 3 aromatic carbocycles. The molecule has 1 unspecified atom stereocenters. The van der Waals surface area contributed by atoms with Crippen LogP contribution in [0.3, 0.4) is 0 Å². The number of esters is 1. The summed E-state index contributed by atoms with van der Waals surface area (Å²) in [4.78, 5) is 27.2. The number of hydrogen-bond donors (Lipinski definition) is 4. The maximum Gasteiger partial charge on any atom is 0.330 e. The number of rotatable bonds is 20. The molecule has 0 aliphatic heterocycles. The van der Waals surface area contributed by atoms with Crippen molar-refractivity contribution in [2.45, 2.75) is 95.3 Å². The molecule has 1 amide bonds. The predicted molar refractivity (Wildman–Crippen MR) is 188 cm³/mol. The van der Waals surface area contributed by atoms with Crippen molar-refractivity contribution in [3.05, 3.63) is 107 Å². The van der Waals surface area contributed by atoms with E-state index in [1.54, 1.807) is 30.3 Å². The third-order valence-electron chi connectivity index (χ3n) is 8.38. The van der Waals surface area contributed by atoms with Gasteiger partial charge in [-0.1, -0.05) is 88.2 Å². The third-order valence-corrected chi connectivity index (χ3v) is 10.7. The van der Waals surface area contributed by atoms with Crippen LogP contribution < -0.4 is 22.1 Å². The second-order valence-corrected chi connectivity index (χ2v) is 14.7. The molecule has 6 N–H and O–H groups in total. The van der Waals surface area contributed by atoms with E-state index in [9.17, 15) is 26.8 Å². The summed E-state index contributed by atoms with van der Waals surface area (Å²) in [6.07, 6.45) is 1.77. The first-order valence-electron chi connectivity index (χ1n) is 16.9. The Morgan fingerprint density at radius 2 is 1.47 bits per heavy atom. The van der Waals surface area contributed by atoms with Crippen molar-refractivity contribution in [3.63, 3.8) is 0 Å². The van der Waals surface area contributed by atoms with Gasteiger partial charge in [0, 0.05) is 25.2 Å². The lowest BCUT2D eigenvalue weighted by Crippen LogP contribution is -2.53. The summed E-state index contributed by atoms with van der Waals surface area (Å²) in [7, 11) is -3.89. The van der Waals surface area contributed by atoms with E-state index >= 15 is 0 Å². The Morgan fingerprint density at radius 1 is 0.837 bits per heavy atom. The molecule has 3 rings (SSSR count). The predicted octanol–water partition coefficient (Wildman–Crippen LogP) is 4.67. The van der Waals surface area contributed by atoms with E-state index in [0.29, 0.717) is 37.8 Å². The number of aryl methyl sites for hydroxylation is 1. The summed E-state index contributed by atoms with van der Waals surface area (Å²) in [5.74, 6) is -4.01. The van der Waals surface area contributed by atoms with Gasteiger partial charge in [0.05, 0.1) is 11.0 Å². The lowest BCUT2D eigenvalue weighted by molar-refractivity contribution is -0.153. The number of nitrogens with two attached hydrogens (primary N) is 2. The van der Waals surface area contributed by atoms with Crippen LogP contribution >= 0.6 is 0 Å². The van der Waals surface area contributed by atoms with E-state index in [2.05, 4.69) is 10.6 Å². The first-order chi connectivity index (χ1) is 23.4. The zero-order valence-corrected chi connectivity index (χ0v) is 29.4. The Hall–Kier alpha value is -3.71. The number of sulfone groups is 1. The van der Waals surface area contributed by atoms with Crippen molar-refractivity contribution in [2.24, 2.45) is 11.5 Å². The van der Waals surface area contributed by atoms with E-state index < -0.39 is 68.6 Å². The van der Waals surface area contributed by atoms with E-state index in [4.69, 9.17) is 16.2 Å². The number of hydrogen-bond acceptors (Lipinski definition) is 8. The fraction of sp³-hybridized carbons (Fsp3) is 0.459. The largest absolute Gasteiger partial charge is 0.458 e. The van der Waals surface area contributed by atoms with Crippen LogP contribution in [0.15, 0.2) is 72.8 Å². The monoisotopic (exact) mass is 700 g/mol. The SMILES string of the molecule is CCCC(CCC)S(=O)(=O)C[C@@H](NC(=O)C(N)c1ccccc1)C(=O)O[C@H](CNCc1cccc(CC)c1)[C@@H](N)Cc1cc(F)cc(F)c1. The number of amides is 1.